The van der Waals surface area contributed by atoms with Gasteiger partial charge in [-0.25, -0.2) is 9.18 Å². The number of aliphatic imine (C=N–C) groups is 1. The van der Waals surface area contributed by atoms with Crippen molar-refractivity contribution in [2.75, 3.05) is 19.6 Å². The van der Waals surface area contributed by atoms with Gasteiger partial charge in [0.25, 0.3) is 0 Å². The number of rotatable bonds is 4. The number of halogens is 1. The number of hydrogen-bond acceptors (Lipinski definition) is 4. The van der Waals surface area contributed by atoms with Crippen LogP contribution in [0.4, 0.5) is 4.39 Å². The van der Waals surface area contributed by atoms with Crippen LogP contribution in [-0.4, -0.2) is 58.3 Å². The Morgan fingerprint density at radius 3 is 2.70 bits per heavy atom. The monoisotopic (exact) mass is 376 g/mol. The van der Waals surface area contributed by atoms with E-state index < -0.39 is 17.8 Å². The van der Waals surface area contributed by atoms with E-state index in [0.29, 0.717) is 25.8 Å². The van der Waals surface area contributed by atoms with Crippen LogP contribution in [0.5, 0.6) is 0 Å². The van der Waals surface area contributed by atoms with E-state index >= 15 is 0 Å². The first-order valence-electron chi connectivity index (χ1n) is 8.91. The van der Waals surface area contributed by atoms with Gasteiger partial charge in [0.1, 0.15) is 5.82 Å². The molecule has 8 heteroatoms. The molecule has 0 aromatic heterocycles. The number of fused-ring (bicyclic) bond motifs is 1. The number of carbonyl (C=O) groups is 3. The normalized spacial score (nSPS) is 22.0. The van der Waals surface area contributed by atoms with Crippen LogP contribution in [0.2, 0.25) is 0 Å². The van der Waals surface area contributed by atoms with E-state index in [1.54, 1.807) is 6.07 Å². The Labute approximate surface area is 155 Å². The van der Waals surface area contributed by atoms with Crippen molar-refractivity contribution in [3.05, 3.63) is 35.1 Å². The molecular weight excluding hydrogens is 355 g/mol. The summed E-state index contributed by atoms with van der Waals surface area (Å²) >= 11 is 0. The summed E-state index contributed by atoms with van der Waals surface area (Å²) in [5.41, 5.74) is 2.48. The van der Waals surface area contributed by atoms with Crippen LogP contribution in [0.25, 0.3) is 0 Å². The molecule has 0 spiro atoms. The highest BCUT2D eigenvalue weighted by atomic mass is 19.1. The number of hydrogen-bond donors (Lipinski definition) is 2. The number of carboxylic acid groups (broad SMARTS) is 2. The number of likely N-dealkylation sites (tertiary alicyclic amines) is 1. The zero-order valence-electron chi connectivity index (χ0n) is 14.7. The Kier molecular flexibility index (Phi) is 5.53. The maximum atomic E-state index is 13.5. The number of piperidine rings is 1. The molecule has 0 saturated carbocycles. The van der Waals surface area contributed by atoms with Gasteiger partial charge in [-0.15, -0.1) is 0 Å². The Morgan fingerprint density at radius 2 is 2.00 bits per heavy atom. The number of carbonyl (C=O) groups excluding carboxylic acids is 1. The first-order chi connectivity index (χ1) is 12.8. The van der Waals surface area contributed by atoms with E-state index in [2.05, 4.69) is 4.99 Å². The minimum Gasteiger partial charge on any atom is -0.481 e. The quantitative estimate of drug-likeness (QED) is 0.776. The number of amides is 1. The van der Waals surface area contributed by atoms with Crippen LogP contribution in [0, 0.1) is 17.7 Å². The fourth-order valence-corrected chi connectivity index (χ4v) is 3.99. The summed E-state index contributed by atoms with van der Waals surface area (Å²) in [6.45, 7) is 0.937. The molecule has 144 valence electrons. The smallest absolute Gasteiger partial charge is 0.394 e. The molecule has 2 heterocycles. The fraction of sp³-hybridized carbons (Fsp3) is 0.474. The lowest BCUT2D eigenvalue weighted by molar-refractivity contribution is -0.157. The van der Waals surface area contributed by atoms with Crippen molar-refractivity contribution < 1.29 is 29.0 Å². The SMILES string of the molecule is O=C(O)CC1CCN(C(=O)C(=O)O)CC1CC1=NCCc2cc(F)ccc21. The van der Waals surface area contributed by atoms with Crippen molar-refractivity contribution in [1.29, 1.82) is 0 Å². The summed E-state index contributed by atoms with van der Waals surface area (Å²) in [5, 5.41) is 18.2. The van der Waals surface area contributed by atoms with Gasteiger partial charge >= 0.3 is 17.8 Å². The molecule has 0 aliphatic carbocycles. The predicted octanol–water partition coefficient (Wildman–Crippen LogP) is 1.58. The number of nitrogens with zero attached hydrogens (tertiary/aromatic N) is 2. The minimum atomic E-state index is -1.51. The highest BCUT2D eigenvalue weighted by Gasteiger charge is 2.35. The van der Waals surface area contributed by atoms with Gasteiger partial charge in [0.2, 0.25) is 0 Å². The van der Waals surface area contributed by atoms with Gasteiger partial charge in [0, 0.05) is 31.8 Å². The van der Waals surface area contributed by atoms with Gasteiger partial charge < -0.3 is 15.1 Å². The summed E-state index contributed by atoms with van der Waals surface area (Å²) in [4.78, 5) is 39.9. The summed E-state index contributed by atoms with van der Waals surface area (Å²) in [5.74, 6) is -4.10. The Hall–Kier alpha value is -2.77. The Morgan fingerprint density at radius 1 is 1.22 bits per heavy atom. The standard InChI is InChI=1S/C19H21FN2O5/c20-14-1-2-15-12(7-14)3-5-21-16(15)8-13-10-22(18(25)19(26)27)6-4-11(13)9-17(23)24/h1-2,7,11,13H,3-6,8-10H2,(H,23,24)(H,26,27). The second kappa shape index (κ2) is 7.85. The van der Waals surface area contributed by atoms with E-state index in [4.69, 9.17) is 5.11 Å². The molecule has 2 aliphatic heterocycles. The van der Waals surface area contributed by atoms with Crippen molar-refractivity contribution in [2.45, 2.75) is 25.7 Å². The molecule has 2 unspecified atom stereocenters. The van der Waals surface area contributed by atoms with E-state index in [0.717, 1.165) is 16.8 Å². The summed E-state index contributed by atoms with van der Waals surface area (Å²) in [6, 6.07) is 4.53. The third kappa shape index (κ3) is 4.32. The van der Waals surface area contributed by atoms with Crippen LogP contribution < -0.4 is 0 Å². The minimum absolute atomic E-state index is 0.0384. The lowest BCUT2D eigenvalue weighted by atomic mass is 9.78. The van der Waals surface area contributed by atoms with Crippen molar-refractivity contribution in [3.8, 4) is 0 Å². The highest BCUT2D eigenvalue weighted by molar-refractivity contribution is 6.31. The van der Waals surface area contributed by atoms with Gasteiger partial charge in [-0.3, -0.25) is 14.6 Å². The molecule has 1 saturated heterocycles. The molecule has 3 rings (SSSR count). The van der Waals surface area contributed by atoms with Gasteiger partial charge in [-0.1, -0.05) is 0 Å². The van der Waals surface area contributed by atoms with Crippen LogP contribution >= 0.6 is 0 Å². The highest BCUT2D eigenvalue weighted by Crippen LogP contribution is 2.32. The average molecular weight is 376 g/mol. The molecule has 2 atom stereocenters. The zero-order valence-corrected chi connectivity index (χ0v) is 14.7. The Bertz CT molecular complexity index is 807. The molecule has 0 bridgehead atoms. The third-order valence-electron chi connectivity index (χ3n) is 5.32. The van der Waals surface area contributed by atoms with E-state index in [-0.39, 0.29) is 37.2 Å². The lowest BCUT2D eigenvalue weighted by Gasteiger charge is -2.38. The van der Waals surface area contributed by atoms with Crippen LogP contribution in [0.3, 0.4) is 0 Å². The maximum absolute atomic E-state index is 13.5. The van der Waals surface area contributed by atoms with Crippen molar-refractivity contribution in [3.63, 3.8) is 0 Å². The first kappa shape index (κ1) is 19.0. The van der Waals surface area contributed by atoms with E-state index in [1.165, 1.54) is 17.0 Å². The molecule has 2 N–H and O–H groups in total. The fourth-order valence-electron chi connectivity index (χ4n) is 3.99. The summed E-state index contributed by atoms with van der Waals surface area (Å²) in [6.07, 6.45) is 1.46. The van der Waals surface area contributed by atoms with Gasteiger partial charge in [-0.2, -0.15) is 0 Å². The van der Waals surface area contributed by atoms with Crippen molar-refractivity contribution in [1.82, 2.24) is 4.90 Å². The van der Waals surface area contributed by atoms with Gasteiger partial charge in [-0.05, 0) is 60.4 Å². The van der Waals surface area contributed by atoms with Crippen molar-refractivity contribution in [2.24, 2.45) is 16.8 Å². The predicted molar refractivity (Wildman–Crippen MR) is 94.2 cm³/mol. The molecule has 0 radical (unpaired) electrons. The topological polar surface area (TPSA) is 107 Å². The van der Waals surface area contributed by atoms with E-state index in [9.17, 15) is 23.9 Å². The first-order valence-corrected chi connectivity index (χ1v) is 8.91. The number of aliphatic carboxylic acids is 2. The molecule has 1 aromatic rings. The molecule has 1 aromatic carbocycles. The van der Waals surface area contributed by atoms with Gasteiger partial charge in [0.15, 0.2) is 0 Å². The largest absolute Gasteiger partial charge is 0.481 e. The van der Waals surface area contributed by atoms with Gasteiger partial charge in [0.05, 0.1) is 0 Å². The zero-order chi connectivity index (χ0) is 19.6. The average Bonchev–Trinajstić information content (AvgIpc) is 2.62. The molecule has 2 aliphatic rings. The second-order valence-electron chi connectivity index (χ2n) is 7.05. The molecule has 1 amide bonds. The summed E-state index contributed by atoms with van der Waals surface area (Å²) < 4.78 is 13.5. The second-order valence-corrected chi connectivity index (χ2v) is 7.05. The third-order valence-corrected chi connectivity index (χ3v) is 5.32. The number of benzene rings is 1. The number of carboxylic acids is 2. The van der Waals surface area contributed by atoms with Crippen molar-refractivity contribution >= 4 is 23.6 Å². The molecule has 27 heavy (non-hydrogen) atoms. The maximum Gasteiger partial charge on any atom is 0.394 e. The van der Waals surface area contributed by atoms with Crippen LogP contribution in [-0.2, 0) is 20.8 Å². The molecule has 1 fully saturated rings. The molecular formula is C19H21FN2O5. The van der Waals surface area contributed by atoms with E-state index in [1.807, 2.05) is 0 Å². The molecule has 7 nitrogen and oxygen atoms in total. The summed E-state index contributed by atoms with van der Waals surface area (Å²) in [7, 11) is 0. The lowest BCUT2D eigenvalue weighted by Crippen LogP contribution is -2.47. The van der Waals surface area contributed by atoms with Crippen LogP contribution in [0.15, 0.2) is 23.2 Å². The Balaban J connectivity index is 1.82. The van der Waals surface area contributed by atoms with Crippen LogP contribution in [0.1, 0.15) is 30.4 Å².